The van der Waals surface area contributed by atoms with E-state index in [4.69, 9.17) is 5.73 Å². The summed E-state index contributed by atoms with van der Waals surface area (Å²) in [6, 6.07) is 0.783. The van der Waals surface area contributed by atoms with Gasteiger partial charge in [-0.2, -0.15) is 0 Å². The van der Waals surface area contributed by atoms with Crippen molar-refractivity contribution in [3.05, 3.63) is 0 Å². The first-order chi connectivity index (χ1) is 7.24. The molecule has 2 aliphatic rings. The summed E-state index contributed by atoms with van der Waals surface area (Å²) in [5, 5.41) is 5.94. The van der Waals surface area contributed by atoms with E-state index in [0.29, 0.717) is 18.0 Å². The third-order valence-corrected chi connectivity index (χ3v) is 3.51. The molecule has 0 saturated heterocycles. The molecule has 0 bridgehead atoms. The minimum absolute atomic E-state index is 0.00220. The van der Waals surface area contributed by atoms with E-state index in [1.807, 2.05) is 0 Å². The van der Waals surface area contributed by atoms with E-state index in [9.17, 15) is 4.79 Å². The molecule has 0 aromatic rings. The van der Waals surface area contributed by atoms with Crippen LogP contribution in [0.5, 0.6) is 0 Å². The molecule has 0 aromatic heterocycles. The van der Waals surface area contributed by atoms with Crippen LogP contribution < -0.4 is 16.4 Å². The molecule has 0 atom stereocenters. The van der Waals surface area contributed by atoms with Crippen molar-refractivity contribution in [2.75, 3.05) is 6.54 Å². The fourth-order valence-electron chi connectivity index (χ4n) is 2.50. The maximum absolute atomic E-state index is 11.5. The van der Waals surface area contributed by atoms with Crippen molar-refractivity contribution < 1.29 is 4.79 Å². The van der Waals surface area contributed by atoms with E-state index in [2.05, 4.69) is 10.6 Å². The van der Waals surface area contributed by atoms with Crippen LogP contribution in [-0.2, 0) is 0 Å². The summed E-state index contributed by atoms with van der Waals surface area (Å²) in [5.41, 5.74) is 5.68. The Hall–Kier alpha value is -0.770. The van der Waals surface area contributed by atoms with E-state index in [-0.39, 0.29) is 6.03 Å². The Kier molecular flexibility index (Phi) is 3.46. The summed E-state index contributed by atoms with van der Waals surface area (Å²) in [7, 11) is 0. The highest BCUT2D eigenvalue weighted by atomic mass is 16.2. The van der Waals surface area contributed by atoms with Gasteiger partial charge < -0.3 is 16.4 Å². The predicted octanol–water partition coefficient (Wildman–Crippen LogP) is 0.965. The number of nitrogens with one attached hydrogen (secondary N) is 2. The number of carbonyl (C=O) groups excluding carboxylic acids is 1. The van der Waals surface area contributed by atoms with E-state index in [1.165, 1.54) is 12.8 Å². The zero-order chi connectivity index (χ0) is 10.7. The van der Waals surface area contributed by atoms with Gasteiger partial charge in [-0.25, -0.2) is 4.79 Å². The van der Waals surface area contributed by atoms with Crippen molar-refractivity contribution in [2.24, 2.45) is 11.7 Å². The molecule has 0 heterocycles. The second-order valence-electron chi connectivity index (χ2n) is 4.93. The highest BCUT2D eigenvalue weighted by Crippen LogP contribution is 2.24. The maximum Gasteiger partial charge on any atom is 0.315 e. The molecular weight excluding hydrogens is 190 g/mol. The highest BCUT2D eigenvalue weighted by molar-refractivity contribution is 5.74. The lowest BCUT2D eigenvalue weighted by molar-refractivity contribution is 0.222. The lowest BCUT2D eigenvalue weighted by Crippen LogP contribution is -2.46. The minimum atomic E-state index is 0.00220. The molecule has 4 nitrogen and oxygen atoms in total. The quantitative estimate of drug-likeness (QED) is 0.651. The number of urea groups is 1. The molecule has 2 saturated carbocycles. The molecular formula is C11H21N3O. The molecule has 2 aliphatic carbocycles. The zero-order valence-corrected chi connectivity index (χ0v) is 9.17. The van der Waals surface area contributed by atoms with E-state index >= 15 is 0 Å². The molecule has 2 amide bonds. The van der Waals surface area contributed by atoms with Crippen molar-refractivity contribution in [1.29, 1.82) is 0 Å². The van der Waals surface area contributed by atoms with Gasteiger partial charge in [-0.1, -0.05) is 12.8 Å². The van der Waals surface area contributed by atoms with Gasteiger partial charge in [-0.3, -0.25) is 0 Å². The van der Waals surface area contributed by atoms with Crippen LogP contribution in [0, 0.1) is 5.92 Å². The Balaban J connectivity index is 1.56. The van der Waals surface area contributed by atoms with Crippen LogP contribution in [0.25, 0.3) is 0 Å². The number of rotatable bonds is 3. The van der Waals surface area contributed by atoms with Gasteiger partial charge in [0.05, 0.1) is 0 Å². The molecule has 2 rings (SSSR count). The van der Waals surface area contributed by atoms with Crippen molar-refractivity contribution in [3.8, 4) is 0 Å². The second-order valence-corrected chi connectivity index (χ2v) is 4.93. The Bertz CT molecular complexity index is 220. The summed E-state index contributed by atoms with van der Waals surface area (Å²) < 4.78 is 0. The monoisotopic (exact) mass is 211 g/mol. The molecule has 0 spiro atoms. The summed E-state index contributed by atoms with van der Waals surface area (Å²) in [6.07, 6.45) is 6.90. The van der Waals surface area contributed by atoms with Crippen LogP contribution in [-0.4, -0.2) is 24.7 Å². The number of hydrogen-bond donors (Lipinski definition) is 3. The van der Waals surface area contributed by atoms with Crippen LogP contribution in [0.15, 0.2) is 0 Å². The highest BCUT2D eigenvalue weighted by Gasteiger charge is 2.26. The van der Waals surface area contributed by atoms with Gasteiger partial charge in [0.2, 0.25) is 0 Å². The predicted molar refractivity (Wildman–Crippen MR) is 59.5 cm³/mol. The molecule has 4 N–H and O–H groups in total. The molecule has 0 unspecified atom stereocenters. The average molecular weight is 211 g/mol. The van der Waals surface area contributed by atoms with Crippen LogP contribution in [0.2, 0.25) is 0 Å². The van der Waals surface area contributed by atoms with Crippen molar-refractivity contribution in [2.45, 2.75) is 50.6 Å². The first-order valence-electron chi connectivity index (χ1n) is 6.04. The van der Waals surface area contributed by atoms with Crippen molar-refractivity contribution in [1.82, 2.24) is 10.6 Å². The van der Waals surface area contributed by atoms with Crippen molar-refractivity contribution >= 4 is 6.03 Å². The van der Waals surface area contributed by atoms with E-state index in [0.717, 1.165) is 32.2 Å². The smallest absolute Gasteiger partial charge is 0.315 e. The number of hydrogen-bond acceptors (Lipinski definition) is 2. The van der Waals surface area contributed by atoms with Crippen molar-refractivity contribution in [3.63, 3.8) is 0 Å². The number of amides is 2. The molecule has 0 radical (unpaired) electrons. The van der Waals surface area contributed by atoms with Gasteiger partial charge in [0.25, 0.3) is 0 Å². The average Bonchev–Trinajstić information content (AvgIpc) is 2.63. The molecule has 0 aromatic carbocycles. The molecule has 15 heavy (non-hydrogen) atoms. The van der Waals surface area contributed by atoms with Crippen LogP contribution in [0.1, 0.15) is 38.5 Å². The lowest BCUT2D eigenvalue weighted by atomic mass is 9.81. The molecule has 0 aliphatic heterocycles. The zero-order valence-electron chi connectivity index (χ0n) is 9.17. The normalized spacial score (nSPS) is 31.0. The topological polar surface area (TPSA) is 67.1 Å². The first kappa shape index (κ1) is 10.7. The first-order valence-corrected chi connectivity index (χ1v) is 6.04. The maximum atomic E-state index is 11.5. The SMILES string of the molecule is NC1CC(CNC(=O)NC2CCCC2)C1. The fourth-order valence-corrected chi connectivity index (χ4v) is 2.50. The Labute approximate surface area is 91.0 Å². The lowest BCUT2D eigenvalue weighted by Gasteiger charge is -2.32. The standard InChI is InChI=1S/C11H21N3O/c12-9-5-8(6-9)7-13-11(15)14-10-3-1-2-4-10/h8-10H,1-7,12H2,(H2,13,14,15). The van der Waals surface area contributed by atoms with Gasteiger partial charge in [0, 0.05) is 18.6 Å². The van der Waals surface area contributed by atoms with Gasteiger partial charge >= 0.3 is 6.03 Å². The minimum Gasteiger partial charge on any atom is -0.338 e. The third kappa shape index (κ3) is 3.09. The molecule has 86 valence electrons. The van der Waals surface area contributed by atoms with Crippen LogP contribution >= 0.6 is 0 Å². The molecule has 4 heteroatoms. The number of carbonyl (C=O) groups is 1. The fraction of sp³-hybridized carbons (Fsp3) is 0.909. The summed E-state index contributed by atoms with van der Waals surface area (Å²) in [5.74, 6) is 0.606. The second kappa shape index (κ2) is 4.84. The summed E-state index contributed by atoms with van der Waals surface area (Å²) >= 11 is 0. The van der Waals surface area contributed by atoms with Crippen LogP contribution in [0.3, 0.4) is 0 Å². The Morgan fingerprint density at radius 3 is 2.53 bits per heavy atom. The Morgan fingerprint density at radius 2 is 1.93 bits per heavy atom. The number of nitrogens with two attached hydrogens (primary N) is 1. The van der Waals surface area contributed by atoms with Gasteiger partial charge in [0.1, 0.15) is 0 Å². The largest absolute Gasteiger partial charge is 0.338 e. The van der Waals surface area contributed by atoms with Gasteiger partial charge in [0.15, 0.2) is 0 Å². The van der Waals surface area contributed by atoms with Crippen LogP contribution in [0.4, 0.5) is 4.79 Å². The van der Waals surface area contributed by atoms with Gasteiger partial charge in [-0.05, 0) is 31.6 Å². The van der Waals surface area contributed by atoms with E-state index in [1.54, 1.807) is 0 Å². The van der Waals surface area contributed by atoms with Gasteiger partial charge in [-0.15, -0.1) is 0 Å². The Morgan fingerprint density at radius 1 is 1.27 bits per heavy atom. The van der Waals surface area contributed by atoms with E-state index < -0.39 is 0 Å². The summed E-state index contributed by atoms with van der Waals surface area (Å²) in [6.45, 7) is 0.784. The third-order valence-electron chi connectivity index (χ3n) is 3.51. The summed E-state index contributed by atoms with van der Waals surface area (Å²) in [4.78, 5) is 11.5. The molecule has 2 fully saturated rings.